The maximum Gasteiger partial charge on any atom is 0.138 e. The average molecular weight is 254 g/mol. The molecule has 0 fully saturated rings. The summed E-state index contributed by atoms with van der Waals surface area (Å²) in [7, 11) is 0. The lowest BCUT2D eigenvalue weighted by Crippen LogP contribution is -1.96. The smallest absolute Gasteiger partial charge is 0.138 e. The highest BCUT2D eigenvalue weighted by atomic mass is 16.5. The molecule has 0 aliphatic rings. The zero-order chi connectivity index (χ0) is 13.3. The molecule has 0 saturated carbocycles. The zero-order valence-corrected chi connectivity index (χ0v) is 10.8. The van der Waals surface area contributed by atoms with Crippen LogP contribution in [0.5, 0.6) is 5.75 Å². The SMILES string of the molecule is NCCC=Cc1cncc(OCc2ccccc2)c1. The van der Waals surface area contributed by atoms with Crippen molar-refractivity contribution in [2.45, 2.75) is 13.0 Å². The third-order valence-electron chi connectivity index (χ3n) is 2.63. The van der Waals surface area contributed by atoms with Crippen LogP contribution in [0.3, 0.4) is 0 Å². The monoisotopic (exact) mass is 254 g/mol. The predicted molar refractivity (Wildman–Crippen MR) is 77.7 cm³/mol. The van der Waals surface area contributed by atoms with E-state index in [0.717, 1.165) is 23.3 Å². The van der Waals surface area contributed by atoms with E-state index in [1.54, 1.807) is 6.20 Å². The summed E-state index contributed by atoms with van der Waals surface area (Å²) in [5, 5.41) is 0. The Morgan fingerprint density at radius 2 is 2.00 bits per heavy atom. The van der Waals surface area contributed by atoms with Gasteiger partial charge in [-0.05, 0) is 30.2 Å². The lowest BCUT2D eigenvalue weighted by atomic mass is 10.2. The molecule has 2 aromatic rings. The molecule has 0 aliphatic carbocycles. The van der Waals surface area contributed by atoms with Crippen LogP contribution in [0.2, 0.25) is 0 Å². The fraction of sp³-hybridized carbons (Fsp3) is 0.188. The highest BCUT2D eigenvalue weighted by Crippen LogP contribution is 2.14. The van der Waals surface area contributed by atoms with Gasteiger partial charge < -0.3 is 10.5 Å². The van der Waals surface area contributed by atoms with Crippen LogP contribution in [0, 0.1) is 0 Å². The molecule has 1 aromatic carbocycles. The molecule has 1 aromatic heterocycles. The van der Waals surface area contributed by atoms with Gasteiger partial charge in [-0.2, -0.15) is 0 Å². The van der Waals surface area contributed by atoms with E-state index in [0.29, 0.717) is 13.2 Å². The second-order valence-corrected chi connectivity index (χ2v) is 4.21. The van der Waals surface area contributed by atoms with Crippen LogP contribution < -0.4 is 10.5 Å². The number of nitrogens with two attached hydrogens (primary N) is 1. The van der Waals surface area contributed by atoms with Crippen molar-refractivity contribution < 1.29 is 4.74 Å². The van der Waals surface area contributed by atoms with Crippen LogP contribution in [-0.4, -0.2) is 11.5 Å². The van der Waals surface area contributed by atoms with Gasteiger partial charge in [0.15, 0.2) is 0 Å². The summed E-state index contributed by atoms with van der Waals surface area (Å²) >= 11 is 0. The first kappa shape index (κ1) is 13.3. The number of hydrogen-bond acceptors (Lipinski definition) is 3. The molecule has 3 heteroatoms. The second kappa shape index (κ2) is 7.34. The van der Waals surface area contributed by atoms with Gasteiger partial charge in [0.2, 0.25) is 0 Å². The number of benzene rings is 1. The number of pyridine rings is 1. The lowest BCUT2D eigenvalue weighted by molar-refractivity contribution is 0.305. The molecule has 2 N–H and O–H groups in total. The van der Waals surface area contributed by atoms with E-state index in [1.165, 1.54) is 0 Å². The zero-order valence-electron chi connectivity index (χ0n) is 10.8. The van der Waals surface area contributed by atoms with E-state index in [1.807, 2.05) is 54.7 Å². The number of nitrogens with zero attached hydrogens (tertiary/aromatic N) is 1. The third kappa shape index (κ3) is 4.56. The van der Waals surface area contributed by atoms with Crippen LogP contribution in [0.1, 0.15) is 17.5 Å². The molecule has 0 atom stereocenters. The van der Waals surface area contributed by atoms with Crippen molar-refractivity contribution in [3.8, 4) is 5.75 Å². The van der Waals surface area contributed by atoms with E-state index in [-0.39, 0.29) is 0 Å². The molecule has 98 valence electrons. The summed E-state index contributed by atoms with van der Waals surface area (Å²) in [4.78, 5) is 4.17. The van der Waals surface area contributed by atoms with Crippen LogP contribution >= 0.6 is 0 Å². The molecule has 1 heterocycles. The summed E-state index contributed by atoms with van der Waals surface area (Å²) in [6.07, 6.45) is 8.45. The number of ether oxygens (including phenoxy) is 1. The van der Waals surface area contributed by atoms with E-state index in [9.17, 15) is 0 Å². The minimum atomic E-state index is 0.554. The largest absolute Gasteiger partial charge is 0.487 e. The summed E-state index contributed by atoms with van der Waals surface area (Å²) in [5.74, 6) is 0.777. The molecule has 0 aliphatic heterocycles. The molecule has 2 rings (SSSR count). The van der Waals surface area contributed by atoms with Crippen molar-refractivity contribution in [1.82, 2.24) is 4.98 Å². The Labute approximate surface area is 113 Å². The van der Waals surface area contributed by atoms with Gasteiger partial charge in [0.05, 0.1) is 6.20 Å². The fourth-order valence-corrected chi connectivity index (χ4v) is 1.66. The molecule has 0 saturated heterocycles. The minimum absolute atomic E-state index is 0.554. The lowest BCUT2D eigenvalue weighted by Gasteiger charge is -2.06. The molecule has 19 heavy (non-hydrogen) atoms. The van der Waals surface area contributed by atoms with Crippen molar-refractivity contribution in [3.05, 3.63) is 66.0 Å². The van der Waals surface area contributed by atoms with Crippen molar-refractivity contribution in [2.24, 2.45) is 5.73 Å². The number of aromatic nitrogens is 1. The van der Waals surface area contributed by atoms with E-state index >= 15 is 0 Å². The van der Waals surface area contributed by atoms with Crippen molar-refractivity contribution in [2.75, 3.05) is 6.54 Å². The van der Waals surface area contributed by atoms with Crippen LogP contribution in [0.15, 0.2) is 54.9 Å². The minimum Gasteiger partial charge on any atom is -0.487 e. The Hall–Kier alpha value is -2.13. The first-order valence-electron chi connectivity index (χ1n) is 6.37. The molecule has 0 amide bonds. The summed E-state index contributed by atoms with van der Waals surface area (Å²) in [5.41, 5.74) is 7.61. The standard InChI is InChI=1S/C16H18N2O/c17-9-5-4-8-15-10-16(12-18-11-15)19-13-14-6-2-1-3-7-14/h1-4,6-8,10-12H,5,9,13,17H2. The molecule has 0 spiro atoms. The van der Waals surface area contributed by atoms with Crippen LogP contribution in [-0.2, 0) is 6.61 Å². The van der Waals surface area contributed by atoms with Gasteiger partial charge in [-0.15, -0.1) is 0 Å². The van der Waals surface area contributed by atoms with Gasteiger partial charge in [0, 0.05) is 6.20 Å². The first-order chi connectivity index (χ1) is 9.38. The molecular formula is C16H18N2O. The van der Waals surface area contributed by atoms with Gasteiger partial charge >= 0.3 is 0 Å². The third-order valence-corrected chi connectivity index (χ3v) is 2.63. The molecule has 0 bridgehead atoms. The Morgan fingerprint density at radius 1 is 1.16 bits per heavy atom. The Morgan fingerprint density at radius 3 is 2.79 bits per heavy atom. The Bertz CT molecular complexity index is 523. The van der Waals surface area contributed by atoms with E-state index in [4.69, 9.17) is 10.5 Å². The first-order valence-corrected chi connectivity index (χ1v) is 6.37. The summed E-state index contributed by atoms with van der Waals surface area (Å²) < 4.78 is 5.72. The summed E-state index contributed by atoms with van der Waals surface area (Å²) in [6, 6.07) is 12.1. The van der Waals surface area contributed by atoms with Gasteiger partial charge in [0.25, 0.3) is 0 Å². The average Bonchev–Trinajstić information content (AvgIpc) is 2.47. The van der Waals surface area contributed by atoms with Gasteiger partial charge in [-0.1, -0.05) is 42.5 Å². The normalized spacial score (nSPS) is 10.8. The maximum absolute atomic E-state index is 5.72. The van der Waals surface area contributed by atoms with E-state index < -0.39 is 0 Å². The molecule has 0 unspecified atom stereocenters. The van der Waals surface area contributed by atoms with Crippen molar-refractivity contribution in [1.29, 1.82) is 0 Å². The maximum atomic E-state index is 5.72. The number of hydrogen-bond donors (Lipinski definition) is 1. The Kier molecular flexibility index (Phi) is 5.14. The fourth-order valence-electron chi connectivity index (χ4n) is 1.66. The topological polar surface area (TPSA) is 48.1 Å². The highest BCUT2D eigenvalue weighted by molar-refractivity contribution is 5.49. The van der Waals surface area contributed by atoms with Crippen LogP contribution in [0.25, 0.3) is 6.08 Å². The molecule has 3 nitrogen and oxygen atoms in total. The Balaban J connectivity index is 1.95. The van der Waals surface area contributed by atoms with E-state index in [2.05, 4.69) is 4.98 Å². The van der Waals surface area contributed by atoms with Gasteiger partial charge in [-0.25, -0.2) is 0 Å². The van der Waals surface area contributed by atoms with Crippen LogP contribution in [0.4, 0.5) is 0 Å². The quantitative estimate of drug-likeness (QED) is 0.862. The highest BCUT2D eigenvalue weighted by Gasteiger charge is 1.97. The second-order valence-electron chi connectivity index (χ2n) is 4.21. The predicted octanol–water partition coefficient (Wildman–Crippen LogP) is 3.02. The van der Waals surface area contributed by atoms with Crippen molar-refractivity contribution in [3.63, 3.8) is 0 Å². The van der Waals surface area contributed by atoms with Gasteiger partial charge in [-0.3, -0.25) is 4.98 Å². The molecular weight excluding hydrogens is 236 g/mol. The van der Waals surface area contributed by atoms with Gasteiger partial charge in [0.1, 0.15) is 12.4 Å². The van der Waals surface area contributed by atoms with Crippen molar-refractivity contribution >= 4 is 6.08 Å². The molecule has 0 radical (unpaired) electrons. The summed E-state index contributed by atoms with van der Waals surface area (Å²) in [6.45, 7) is 1.21. The number of rotatable bonds is 6.